The molecule has 3 aromatic rings. The van der Waals surface area contributed by atoms with Crippen molar-refractivity contribution in [2.24, 2.45) is 16.3 Å². The van der Waals surface area contributed by atoms with Gasteiger partial charge in [-0.05, 0) is 60.4 Å². The van der Waals surface area contributed by atoms with Crippen molar-refractivity contribution in [3.63, 3.8) is 0 Å². The zero-order chi connectivity index (χ0) is 23.0. The van der Waals surface area contributed by atoms with E-state index in [2.05, 4.69) is 31.8 Å². The SMILES string of the molecule is CC(C)(C)[C@H]1CCc2c(sc(N=Cc3ccc(-c4ccc(C(=O)O)c(Cl)c4)o3)c2C#N)C1. The second-order valence-electron chi connectivity index (χ2n) is 9.06. The Morgan fingerprint density at radius 1 is 1.34 bits per heavy atom. The first-order chi connectivity index (χ1) is 15.2. The lowest BCUT2D eigenvalue weighted by Crippen LogP contribution is -2.26. The largest absolute Gasteiger partial charge is 0.478 e. The van der Waals surface area contributed by atoms with E-state index in [1.807, 2.05) is 0 Å². The molecule has 5 nitrogen and oxygen atoms in total. The summed E-state index contributed by atoms with van der Waals surface area (Å²) in [6, 6.07) is 10.6. The normalized spacial score (nSPS) is 16.2. The smallest absolute Gasteiger partial charge is 0.337 e. The summed E-state index contributed by atoms with van der Waals surface area (Å²) in [6.45, 7) is 6.83. The number of furan rings is 1. The van der Waals surface area contributed by atoms with Crippen molar-refractivity contribution in [2.45, 2.75) is 40.0 Å². The van der Waals surface area contributed by atoms with E-state index in [1.54, 1.807) is 41.8 Å². The summed E-state index contributed by atoms with van der Waals surface area (Å²) in [6.07, 6.45) is 4.63. The Morgan fingerprint density at radius 2 is 2.12 bits per heavy atom. The Balaban J connectivity index is 1.57. The highest BCUT2D eigenvalue weighted by Gasteiger charge is 2.32. The summed E-state index contributed by atoms with van der Waals surface area (Å²) in [7, 11) is 0. The van der Waals surface area contributed by atoms with Crippen LogP contribution in [0.15, 0.2) is 39.7 Å². The van der Waals surface area contributed by atoms with E-state index in [1.165, 1.54) is 10.9 Å². The van der Waals surface area contributed by atoms with Crippen LogP contribution < -0.4 is 0 Å². The van der Waals surface area contributed by atoms with E-state index >= 15 is 0 Å². The van der Waals surface area contributed by atoms with Crippen molar-refractivity contribution in [1.82, 2.24) is 0 Å². The molecule has 0 bridgehead atoms. The number of carboxylic acid groups (broad SMARTS) is 1. The third kappa shape index (κ3) is 4.36. The Bertz CT molecular complexity index is 1260. The van der Waals surface area contributed by atoms with E-state index < -0.39 is 5.97 Å². The summed E-state index contributed by atoms with van der Waals surface area (Å²) >= 11 is 7.67. The van der Waals surface area contributed by atoms with Crippen LogP contribution in [0.3, 0.4) is 0 Å². The quantitative estimate of drug-likeness (QED) is 0.414. The van der Waals surface area contributed by atoms with Crippen molar-refractivity contribution in [3.05, 3.63) is 62.7 Å². The zero-order valence-electron chi connectivity index (χ0n) is 18.1. The summed E-state index contributed by atoms with van der Waals surface area (Å²) in [4.78, 5) is 17.0. The Labute approximate surface area is 196 Å². The van der Waals surface area contributed by atoms with Crippen LogP contribution in [-0.4, -0.2) is 17.3 Å². The van der Waals surface area contributed by atoms with Gasteiger partial charge in [0, 0.05) is 10.4 Å². The van der Waals surface area contributed by atoms with Gasteiger partial charge in [0.05, 0.1) is 22.4 Å². The first kappa shape index (κ1) is 22.3. The van der Waals surface area contributed by atoms with Crippen LogP contribution in [0, 0.1) is 22.7 Å². The molecule has 2 aromatic heterocycles. The number of carbonyl (C=O) groups is 1. The first-order valence-electron chi connectivity index (χ1n) is 10.4. The molecule has 1 aliphatic carbocycles. The summed E-state index contributed by atoms with van der Waals surface area (Å²) in [5, 5.41) is 19.7. The van der Waals surface area contributed by atoms with Crippen LogP contribution >= 0.6 is 22.9 Å². The number of halogens is 1. The molecule has 0 amide bonds. The second kappa shape index (κ2) is 8.57. The lowest BCUT2D eigenvalue weighted by atomic mass is 9.72. The number of aromatic carboxylic acids is 1. The van der Waals surface area contributed by atoms with Crippen LogP contribution in [-0.2, 0) is 12.8 Å². The molecule has 1 aromatic carbocycles. The lowest BCUT2D eigenvalue weighted by Gasteiger charge is -2.33. The molecule has 1 atom stereocenters. The molecule has 0 radical (unpaired) electrons. The predicted octanol–water partition coefficient (Wildman–Crippen LogP) is 7.13. The molecule has 2 heterocycles. The number of nitriles is 1. The minimum absolute atomic E-state index is 0.0446. The fourth-order valence-electron chi connectivity index (χ4n) is 4.06. The molecule has 7 heteroatoms. The maximum absolute atomic E-state index is 11.1. The van der Waals surface area contributed by atoms with E-state index in [9.17, 15) is 10.1 Å². The fourth-order valence-corrected chi connectivity index (χ4v) is 5.54. The average Bonchev–Trinajstić information content (AvgIpc) is 3.34. The maximum atomic E-state index is 11.1. The van der Waals surface area contributed by atoms with E-state index in [-0.39, 0.29) is 16.0 Å². The average molecular weight is 467 g/mol. The third-order valence-electron chi connectivity index (χ3n) is 6.00. The highest BCUT2D eigenvalue weighted by atomic mass is 35.5. The van der Waals surface area contributed by atoms with Crippen molar-refractivity contribution >= 4 is 40.1 Å². The van der Waals surface area contributed by atoms with Crippen LogP contribution in [0.5, 0.6) is 0 Å². The monoisotopic (exact) mass is 466 g/mol. The number of carboxylic acids is 1. The summed E-state index contributed by atoms with van der Waals surface area (Å²) < 4.78 is 5.85. The number of benzene rings is 1. The number of nitrogens with zero attached hydrogens (tertiary/aromatic N) is 2. The first-order valence-corrected chi connectivity index (χ1v) is 11.6. The topological polar surface area (TPSA) is 86.6 Å². The Hall–Kier alpha value is -2.88. The Morgan fingerprint density at radius 3 is 2.78 bits per heavy atom. The molecule has 0 fully saturated rings. The van der Waals surface area contributed by atoms with E-state index in [4.69, 9.17) is 21.1 Å². The fraction of sp³-hybridized carbons (Fsp3) is 0.320. The van der Waals surface area contributed by atoms with Gasteiger partial charge >= 0.3 is 5.97 Å². The molecule has 4 rings (SSSR count). The number of hydrogen-bond donors (Lipinski definition) is 1. The molecular formula is C25H23ClN2O3S. The molecule has 0 aliphatic heterocycles. The third-order valence-corrected chi connectivity index (χ3v) is 7.48. The highest BCUT2D eigenvalue weighted by molar-refractivity contribution is 7.16. The van der Waals surface area contributed by atoms with Crippen LogP contribution in [0.1, 0.15) is 59.3 Å². The van der Waals surface area contributed by atoms with Crippen LogP contribution in [0.2, 0.25) is 5.02 Å². The molecule has 32 heavy (non-hydrogen) atoms. The second-order valence-corrected chi connectivity index (χ2v) is 10.6. The van der Waals surface area contributed by atoms with Gasteiger partial charge < -0.3 is 9.52 Å². The lowest BCUT2D eigenvalue weighted by molar-refractivity contribution is 0.0697. The van der Waals surface area contributed by atoms with Gasteiger partial charge in [0.2, 0.25) is 0 Å². The van der Waals surface area contributed by atoms with Gasteiger partial charge in [0.15, 0.2) is 0 Å². The number of rotatable bonds is 4. The molecular weight excluding hydrogens is 444 g/mol. The van der Waals surface area contributed by atoms with Crippen LogP contribution in [0.4, 0.5) is 5.00 Å². The standard InChI is InChI=1S/C25H23ClN2O3S/c1-25(2,3)15-5-8-17-19(12-27)23(32-22(17)11-15)28-13-16-6-9-21(31-16)14-4-7-18(24(29)30)20(26)10-14/h4,6-7,9-10,13,15H,5,8,11H2,1-3H3,(H,29,30)/t15-/m0/s1. The molecule has 0 saturated carbocycles. The van der Waals surface area contributed by atoms with Crippen molar-refractivity contribution < 1.29 is 14.3 Å². The molecule has 0 unspecified atom stereocenters. The summed E-state index contributed by atoms with van der Waals surface area (Å²) in [5.41, 5.74) is 2.80. The highest BCUT2D eigenvalue weighted by Crippen LogP contribution is 2.44. The predicted molar refractivity (Wildman–Crippen MR) is 127 cm³/mol. The number of aliphatic imine (C=N–C) groups is 1. The number of hydrogen-bond acceptors (Lipinski definition) is 5. The van der Waals surface area contributed by atoms with Gasteiger partial charge in [0.25, 0.3) is 0 Å². The van der Waals surface area contributed by atoms with Crippen LogP contribution in [0.25, 0.3) is 11.3 Å². The molecule has 0 spiro atoms. The molecule has 0 saturated heterocycles. The van der Waals surface area contributed by atoms with Crippen molar-refractivity contribution in [3.8, 4) is 17.4 Å². The van der Waals surface area contributed by atoms with E-state index in [0.717, 1.165) is 29.8 Å². The van der Waals surface area contributed by atoms with Gasteiger partial charge in [-0.25, -0.2) is 9.79 Å². The summed E-state index contributed by atoms with van der Waals surface area (Å²) in [5.74, 6) is 0.629. The zero-order valence-corrected chi connectivity index (χ0v) is 19.7. The Kier molecular flexibility index (Phi) is 5.98. The minimum Gasteiger partial charge on any atom is -0.478 e. The van der Waals surface area contributed by atoms with Crippen molar-refractivity contribution in [1.29, 1.82) is 5.26 Å². The van der Waals surface area contributed by atoms with E-state index in [0.29, 0.717) is 28.6 Å². The maximum Gasteiger partial charge on any atom is 0.337 e. The molecule has 164 valence electrons. The number of thiophene rings is 1. The van der Waals surface area contributed by atoms with Gasteiger partial charge in [0.1, 0.15) is 22.6 Å². The molecule has 1 N–H and O–H groups in total. The van der Waals surface area contributed by atoms with Gasteiger partial charge in [-0.1, -0.05) is 38.4 Å². The number of fused-ring (bicyclic) bond motifs is 1. The van der Waals surface area contributed by atoms with Crippen molar-refractivity contribution in [2.75, 3.05) is 0 Å². The van der Waals surface area contributed by atoms with Gasteiger partial charge in [-0.2, -0.15) is 5.26 Å². The molecule has 1 aliphatic rings. The minimum atomic E-state index is -1.07. The van der Waals surface area contributed by atoms with Gasteiger partial charge in [-0.15, -0.1) is 11.3 Å². The van der Waals surface area contributed by atoms with Gasteiger partial charge in [-0.3, -0.25) is 0 Å².